The summed E-state index contributed by atoms with van der Waals surface area (Å²) in [6, 6.07) is 14.0. The van der Waals surface area contributed by atoms with Crippen molar-refractivity contribution in [3.05, 3.63) is 66.2 Å². The van der Waals surface area contributed by atoms with Crippen LogP contribution in [0.4, 0.5) is 35.4 Å². The highest BCUT2D eigenvalue weighted by molar-refractivity contribution is 5.89. The minimum Gasteiger partial charge on any atom is -0.378 e. The summed E-state index contributed by atoms with van der Waals surface area (Å²) in [5.41, 5.74) is 1.51. The van der Waals surface area contributed by atoms with Gasteiger partial charge in [-0.1, -0.05) is 12.1 Å². The number of para-hydroxylation sites is 2. The van der Waals surface area contributed by atoms with E-state index in [1.54, 1.807) is 30.3 Å². The number of imidazole rings is 1. The summed E-state index contributed by atoms with van der Waals surface area (Å²) in [7, 11) is 0. The number of halogens is 3. The monoisotopic (exact) mass is 580 g/mol. The van der Waals surface area contributed by atoms with Crippen molar-refractivity contribution in [3.63, 3.8) is 0 Å². The van der Waals surface area contributed by atoms with Crippen LogP contribution in [-0.2, 0) is 4.74 Å². The van der Waals surface area contributed by atoms with Crippen LogP contribution in [0, 0.1) is 5.82 Å². The van der Waals surface area contributed by atoms with Gasteiger partial charge >= 0.3 is 6.03 Å². The summed E-state index contributed by atoms with van der Waals surface area (Å²) in [6.07, 6.45) is 0.160. The molecule has 3 N–H and O–H groups in total. The van der Waals surface area contributed by atoms with E-state index in [4.69, 9.17) is 9.72 Å². The highest BCUT2D eigenvalue weighted by atomic mass is 19.3. The zero-order valence-electron chi connectivity index (χ0n) is 22.8. The normalized spacial score (nSPS) is 19.2. The van der Waals surface area contributed by atoms with Crippen LogP contribution < -0.4 is 20.9 Å². The van der Waals surface area contributed by atoms with E-state index in [0.29, 0.717) is 60.6 Å². The third-order valence-corrected chi connectivity index (χ3v) is 7.54. The fraction of sp³-hybridized carbons (Fsp3) is 0.379. The lowest BCUT2D eigenvalue weighted by molar-refractivity contribution is 0.122. The summed E-state index contributed by atoms with van der Waals surface area (Å²) >= 11 is 0. The van der Waals surface area contributed by atoms with Gasteiger partial charge in [-0.05, 0) is 62.1 Å². The molecule has 2 aromatic heterocycles. The highest BCUT2D eigenvalue weighted by Crippen LogP contribution is 2.30. The maximum Gasteiger partial charge on any atom is 0.319 e. The smallest absolute Gasteiger partial charge is 0.319 e. The van der Waals surface area contributed by atoms with Crippen molar-refractivity contribution in [1.29, 1.82) is 0 Å². The van der Waals surface area contributed by atoms with E-state index in [1.807, 2.05) is 0 Å². The first-order valence-corrected chi connectivity index (χ1v) is 14.0. The summed E-state index contributed by atoms with van der Waals surface area (Å²) in [4.78, 5) is 28.1. The number of aromatic nitrogens is 4. The van der Waals surface area contributed by atoms with Gasteiger partial charge in [-0.15, -0.1) is 0 Å². The summed E-state index contributed by atoms with van der Waals surface area (Å²) in [5, 5.41) is 9.11. The van der Waals surface area contributed by atoms with E-state index in [0.717, 1.165) is 25.7 Å². The third-order valence-electron chi connectivity index (χ3n) is 7.54. The molecular formula is C29H31F3N8O2. The average molecular weight is 581 g/mol. The molecule has 2 amide bonds. The van der Waals surface area contributed by atoms with Crippen LogP contribution in [0.15, 0.2) is 54.6 Å². The zero-order chi connectivity index (χ0) is 29.1. The second kappa shape index (κ2) is 12.2. The predicted octanol–water partition coefficient (Wildman–Crippen LogP) is 5.27. The molecule has 2 fully saturated rings. The summed E-state index contributed by atoms with van der Waals surface area (Å²) in [6.45, 7) is 2.34. The number of nitrogens with zero attached hydrogens (tertiary/aromatic N) is 5. The molecule has 42 heavy (non-hydrogen) atoms. The Morgan fingerprint density at radius 2 is 1.60 bits per heavy atom. The van der Waals surface area contributed by atoms with Crippen LogP contribution in [0.5, 0.6) is 0 Å². The molecule has 0 unspecified atom stereocenters. The summed E-state index contributed by atoms with van der Waals surface area (Å²) < 4.78 is 48.3. The molecule has 220 valence electrons. The van der Waals surface area contributed by atoms with Crippen LogP contribution in [0.2, 0.25) is 0 Å². The number of alkyl halides is 2. The Labute approximate surface area is 240 Å². The molecule has 0 spiro atoms. The number of hydrogen-bond donors (Lipinski definition) is 3. The lowest BCUT2D eigenvalue weighted by atomic mass is 9.91. The van der Waals surface area contributed by atoms with Crippen molar-refractivity contribution >= 4 is 34.5 Å². The predicted molar refractivity (Wildman–Crippen MR) is 153 cm³/mol. The maximum absolute atomic E-state index is 14.1. The number of urea groups is 1. The van der Waals surface area contributed by atoms with Crippen molar-refractivity contribution in [2.75, 3.05) is 41.8 Å². The Morgan fingerprint density at radius 1 is 0.905 bits per heavy atom. The Morgan fingerprint density at radius 3 is 2.33 bits per heavy atom. The fourth-order valence-corrected chi connectivity index (χ4v) is 5.44. The van der Waals surface area contributed by atoms with Crippen molar-refractivity contribution in [2.24, 2.45) is 0 Å². The second-order valence-corrected chi connectivity index (χ2v) is 10.4. The number of amides is 2. The number of morpholine rings is 1. The maximum atomic E-state index is 14.1. The first-order valence-electron chi connectivity index (χ1n) is 14.0. The van der Waals surface area contributed by atoms with Gasteiger partial charge in [0.05, 0.1) is 24.2 Å². The van der Waals surface area contributed by atoms with Crippen LogP contribution in [0.25, 0.3) is 16.9 Å². The average Bonchev–Trinajstić information content (AvgIpc) is 3.40. The van der Waals surface area contributed by atoms with Crippen molar-refractivity contribution < 1.29 is 22.7 Å². The minimum absolute atomic E-state index is 0.0226. The molecular weight excluding hydrogens is 549 g/mol. The third kappa shape index (κ3) is 6.25. The number of benzene rings is 2. The molecule has 1 aliphatic heterocycles. The molecule has 0 radical (unpaired) electrons. The van der Waals surface area contributed by atoms with Gasteiger partial charge < -0.3 is 25.6 Å². The molecule has 6 rings (SSSR count). The number of carbonyl (C=O) groups is 1. The number of anilines is 3. The Bertz CT molecular complexity index is 1530. The van der Waals surface area contributed by atoms with Crippen molar-refractivity contribution in [2.45, 2.75) is 44.2 Å². The van der Waals surface area contributed by atoms with E-state index in [9.17, 15) is 18.0 Å². The molecule has 13 heteroatoms. The molecule has 1 aliphatic carbocycles. The van der Waals surface area contributed by atoms with Gasteiger partial charge in [0.2, 0.25) is 5.95 Å². The van der Waals surface area contributed by atoms with Gasteiger partial charge in [-0.25, -0.2) is 22.9 Å². The lowest BCUT2D eigenvalue weighted by Gasteiger charge is -2.31. The van der Waals surface area contributed by atoms with Gasteiger partial charge in [0.25, 0.3) is 6.43 Å². The lowest BCUT2D eigenvalue weighted by Crippen LogP contribution is -2.42. The van der Waals surface area contributed by atoms with Crippen LogP contribution in [-0.4, -0.2) is 63.9 Å². The standard InChI is InChI=1S/C29H31F3N8O2/c30-18-5-7-20(8-6-18)34-29(41)35-21-11-9-19(10-12-21)33-28-37-24(39-13-15-42-16-14-39)17-25(38-28)40-23-4-2-1-3-22(23)36-27(40)26(31)32/h1-8,17,19,21,26H,9-16H2,(H,33,37,38)(H2,34,35,41)/t19-,21-. The first kappa shape index (κ1) is 27.8. The van der Waals surface area contributed by atoms with Gasteiger partial charge in [-0.3, -0.25) is 4.57 Å². The molecule has 2 aliphatic rings. The largest absolute Gasteiger partial charge is 0.378 e. The van der Waals surface area contributed by atoms with Gasteiger partial charge in [0, 0.05) is 36.9 Å². The van der Waals surface area contributed by atoms with Crippen LogP contribution in [0.3, 0.4) is 0 Å². The Hall–Kier alpha value is -4.39. The Balaban J connectivity index is 1.19. The van der Waals surface area contributed by atoms with Crippen molar-refractivity contribution in [1.82, 2.24) is 24.8 Å². The number of ether oxygens (including phenoxy) is 1. The summed E-state index contributed by atoms with van der Waals surface area (Å²) in [5.74, 6) is 0.533. The van der Waals surface area contributed by atoms with E-state index >= 15 is 0 Å². The van der Waals surface area contributed by atoms with Crippen molar-refractivity contribution in [3.8, 4) is 5.82 Å². The van der Waals surface area contributed by atoms with Crippen LogP contribution >= 0.6 is 0 Å². The zero-order valence-corrected chi connectivity index (χ0v) is 22.8. The molecule has 0 bridgehead atoms. The number of hydrogen-bond acceptors (Lipinski definition) is 7. The molecule has 4 aromatic rings. The number of rotatable bonds is 7. The molecule has 1 saturated carbocycles. The molecule has 3 heterocycles. The van der Waals surface area contributed by atoms with E-state index < -0.39 is 6.43 Å². The highest BCUT2D eigenvalue weighted by Gasteiger charge is 2.26. The number of nitrogens with one attached hydrogen (secondary N) is 3. The van der Waals surface area contributed by atoms with E-state index in [-0.39, 0.29) is 29.8 Å². The van der Waals surface area contributed by atoms with Gasteiger partial charge in [0.1, 0.15) is 17.5 Å². The van der Waals surface area contributed by atoms with Gasteiger partial charge in [0.15, 0.2) is 5.82 Å². The van der Waals surface area contributed by atoms with E-state index in [2.05, 4.69) is 30.8 Å². The molecule has 2 aromatic carbocycles. The molecule has 1 saturated heterocycles. The number of carbonyl (C=O) groups excluding carboxylic acids is 1. The van der Waals surface area contributed by atoms with Crippen LogP contribution in [0.1, 0.15) is 37.9 Å². The minimum atomic E-state index is -2.79. The SMILES string of the molecule is O=C(Nc1ccc(F)cc1)N[C@H]1CC[C@H](Nc2nc(N3CCOCC3)cc(-n3c(C(F)F)nc4ccccc43)n2)CC1. The molecule has 0 atom stereocenters. The van der Waals surface area contributed by atoms with E-state index in [1.165, 1.54) is 28.8 Å². The molecule has 10 nitrogen and oxygen atoms in total. The second-order valence-electron chi connectivity index (χ2n) is 10.4. The fourth-order valence-electron chi connectivity index (χ4n) is 5.44. The quantitative estimate of drug-likeness (QED) is 0.273. The first-order chi connectivity index (χ1) is 20.4. The topological polar surface area (TPSA) is 109 Å². The number of fused-ring (bicyclic) bond motifs is 1. The van der Waals surface area contributed by atoms with Gasteiger partial charge in [-0.2, -0.15) is 9.97 Å². The Kier molecular flexibility index (Phi) is 8.08.